The standard InChI is InChI=1S/C16H12FNO2/c1-9-2-3-10(6-13(9)18)16-8-14(19)12-7-11(17)4-5-15(12)20-16/h2-8H,18H2,1H3. The highest BCUT2D eigenvalue weighted by atomic mass is 19.1. The molecule has 3 rings (SSSR count). The van der Waals surface area contributed by atoms with Crippen LogP contribution in [0, 0.1) is 12.7 Å². The molecule has 0 amide bonds. The largest absolute Gasteiger partial charge is 0.456 e. The molecule has 4 heteroatoms. The third kappa shape index (κ3) is 2.05. The van der Waals surface area contributed by atoms with Gasteiger partial charge in [-0.15, -0.1) is 0 Å². The van der Waals surface area contributed by atoms with Gasteiger partial charge >= 0.3 is 0 Å². The Bertz CT molecular complexity index is 868. The number of hydrogen-bond donors (Lipinski definition) is 1. The summed E-state index contributed by atoms with van der Waals surface area (Å²) in [5.41, 5.74) is 8.24. The summed E-state index contributed by atoms with van der Waals surface area (Å²) < 4.78 is 18.8. The molecule has 1 heterocycles. The van der Waals surface area contributed by atoms with E-state index in [1.165, 1.54) is 24.3 Å². The molecule has 0 aliphatic heterocycles. The molecule has 0 fully saturated rings. The fourth-order valence-corrected chi connectivity index (χ4v) is 2.06. The van der Waals surface area contributed by atoms with Crippen LogP contribution in [0.3, 0.4) is 0 Å². The van der Waals surface area contributed by atoms with Crippen LogP contribution in [0.25, 0.3) is 22.3 Å². The second-order valence-electron chi connectivity index (χ2n) is 4.69. The average Bonchev–Trinajstić information content (AvgIpc) is 2.42. The van der Waals surface area contributed by atoms with Gasteiger partial charge in [0.05, 0.1) is 5.39 Å². The van der Waals surface area contributed by atoms with E-state index >= 15 is 0 Å². The Balaban J connectivity index is 2.24. The predicted molar refractivity (Wildman–Crippen MR) is 77.0 cm³/mol. The lowest BCUT2D eigenvalue weighted by atomic mass is 10.1. The first-order chi connectivity index (χ1) is 9.54. The highest BCUT2D eigenvalue weighted by Gasteiger charge is 2.08. The van der Waals surface area contributed by atoms with Crippen molar-refractivity contribution in [2.24, 2.45) is 0 Å². The van der Waals surface area contributed by atoms with E-state index in [9.17, 15) is 9.18 Å². The van der Waals surface area contributed by atoms with Crippen LogP contribution in [0.1, 0.15) is 5.56 Å². The topological polar surface area (TPSA) is 56.2 Å². The van der Waals surface area contributed by atoms with Gasteiger partial charge in [-0.3, -0.25) is 4.79 Å². The maximum Gasteiger partial charge on any atom is 0.193 e. The number of nitrogen functional groups attached to an aromatic ring is 1. The lowest BCUT2D eigenvalue weighted by Crippen LogP contribution is -2.01. The Hall–Kier alpha value is -2.62. The Labute approximate surface area is 114 Å². The fraction of sp³-hybridized carbons (Fsp3) is 0.0625. The summed E-state index contributed by atoms with van der Waals surface area (Å²) >= 11 is 0. The van der Waals surface area contributed by atoms with E-state index in [0.717, 1.165) is 11.1 Å². The van der Waals surface area contributed by atoms with E-state index in [1.807, 2.05) is 19.1 Å². The lowest BCUT2D eigenvalue weighted by Gasteiger charge is -2.06. The molecule has 0 unspecified atom stereocenters. The maximum absolute atomic E-state index is 13.1. The first-order valence-corrected chi connectivity index (χ1v) is 6.14. The van der Waals surface area contributed by atoms with Crippen LogP contribution in [0.5, 0.6) is 0 Å². The van der Waals surface area contributed by atoms with Gasteiger partial charge in [0, 0.05) is 17.3 Å². The minimum absolute atomic E-state index is 0.230. The number of fused-ring (bicyclic) bond motifs is 1. The molecule has 0 spiro atoms. The molecule has 3 nitrogen and oxygen atoms in total. The second kappa shape index (κ2) is 4.49. The van der Waals surface area contributed by atoms with Crippen molar-refractivity contribution in [1.82, 2.24) is 0 Å². The van der Waals surface area contributed by atoms with Crippen molar-refractivity contribution in [3.63, 3.8) is 0 Å². The van der Waals surface area contributed by atoms with Gasteiger partial charge in [-0.05, 0) is 36.8 Å². The van der Waals surface area contributed by atoms with Crippen molar-refractivity contribution in [2.45, 2.75) is 6.92 Å². The fourth-order valence-electron chi connectivity index (χ4n) is 2.06. The summed E-state index contributed by atoms with van der Waals surface area (Å²) in [7, 11) is 0. The molecule has 1 aromatic heterocycles. The number of halogens is 1. The molecule has 0 radical (unpaired) electrons. The van der Waals surface area contributed by atoms with Gasteiger partial charge in [-0.25, -0.2) is 4.39 Å². The number of nitrogens with two attached hydrogens (primary N) is 1. The van der Waals surface area contributed by atoms with Gasteiger partial charge in [0.25, 0.3) is 0 Å². The molecule has 0 aliphatic carbocycles. The van der Waals surface area contributed by atoms with Crippen molar-refractivity contribution < 1.29 is 8.81 Å². The predicted octanol–water partition coefficient (Wildman–Crippen LogP) is 3.49. The van der Waals surface area contributed by atoms with Crippen LogP contribution in [0.15, 0.2) is 51.7 Å². The van der Waals surface area contributed by atoms with Crippen molar-refractivity contribution in [1.29, 1.82) is 0 Å². The van der Waals surface area contributed by atoms with E-state index in [4.69, 9.17) is 10.2 Å². The molecule has 0 saturated carbocycles. The number of aryl methyl sites for hydroxylation is 1. The summed E-state index contributed by atoms with van der Waals surface area (Å²) in [4.78, 5) is 12.0. The van der Waals surface area contributed by atoms with Crippen molar-refractivity contribution in [3.8, 4) is 11.3 Å². The Morgan fingerprint density at radius 1 is 1.10 bits per heavy atom. The molecule has 3 aromatic rings. The third-order valence-corrected chi connectivity index (χ3v) is 3.25. The first-order valence-electron chi connectivity index (χ1n) is 6.14. The lowest BCUT2D eigenvalue weighted by molar-refractivity contribution is 0.608. The highest BCUT2D eigenvalue weighted by molar-refractivity contribution is 5.79. The minimum atomic E-state index is -0.461. The normalized spacial score (nSPS) is 10.9. The van der Waals surface area contributed by atoms with Crippen molar-refractivity contribution >= 4 is 16.7 Å². The van der Waals surface area contributed by atoms with Crippen LogP contribution in [-0.4, -0.2) is 0 Å². The second-order valence-corrected chi connectivity index (χ2v) is 4.69. The number of benzene rings is 2. The average molecular weight is 269 g/mol. The summed E-state index contributed by atoms with van der Waals surface area (Å²) in [5.74, 6) is -0.0436. The molecule has 100 valence electrons. The van der Waals surface area contributed by atoms with E-state index in [2.05, 4.69) is 0 Å². The molecular formula is C16H12FNO2. The molecule has 0 saturated heterocycles. The van der Waals surface area contributed by atoms with Gasteiger partial charge < -0.3 is 10.2 Å². The Morgan fingerprint density at radius 3 is 2.65 bits per heavy atom. The molecular weight excluding hydrogens is 257 g/mol. The van der Waals surface area contributed by atoms with Gasteiger partial charge in [-0.1, -0.05) is 12.1 Å². The number of anilines is 1. The first kappa shape index (κ1) is 12.4. The van der Waals surface area contributed by atoms with Gasteiger partial charge in [0.1, 0.15) is 17.2 Å². The molecule has 0 bridgehead atoms. The van der Waals surface area contributed by atoms with Crippen LogP contribution in [0.2, 0.25) is 0 Å². The van der Waals surface area contributed by atoms with Crippen LogP contribution in [-0.2, 0) is 0 Å². The quantitative estimate of drug-likeness (QED) is 0.688. The van der Waals surface area contributed by atoms with Crippen molar-refractivity contribution in [3.05, 3.63) is 64.1 Å². The maximum atomic E-state index is 13.1. The zero-order chi connectivity index (χ0) is 14.3. The van der Waals surface area contributed by atoms with Gasteiger partial charge in [0.2, 0.25) is 0 Å². The van der Waals surface area contributed by atoms with Crippen LogP contribution >= 0.6 is 0 Å². The van der Waals surface area contributed by atoms with Crippen LogP contribution < -0.4 is 11.2 Å². The van der Waals surface area contributed by atoms with Crippen LogP contribution in [0.4, 0.5) is 10.1 Å². The molecule has 0 atom stereocenters. The zero-order valence-corrected chi connectivity index (χ0v) is 10.8. The smallest absolute Gasteiger partial charge is 0.193 e. The molecule has 20 heavy (non-hydrogen) atoms. The highest BCUT2D eigenvalue weighted by Crippen LogP contribution is 2.25. The van der Waals surface area contributed by atoms with Gasteiger partial charge in [-0.2, -0.15) is 0 Å². The monoisotopic (exact) mass is 269 g/mol. The minimum Gasteiger partial charge on any atom is -0.456 e. The molecule has 2 N–H and O–H groups in total. The SMILES string of the molecule is Cc1ccc(-c2cc(=O)c3cc(F)ccc3o2)cc1N. The molecule has 0 aliphatic rings. The number of rotatable bonds is 1. The zero-order valence-electron chi connectivity index (χ0n) is 10.8. The van der Waals surface area contributed by atoms with E-state index < -0.39 is 5.82 Å². The summed E-state index contributed by atoms with van der Waals surface area (Å²) in [6, 6.07) is 10.7. The summed E-state index contributed by atoms with van der Waals surface area (Å²) in [6.45, 7) is 1.90. The van der Waals surface area contributed by atoms with E-state index in [-0.39, 0.29) is 10.8 Å². The Kier molecular flexibility index (Phi) is 2.79. The van der Waals surface area contributed by atoms with Crippen molar-refractivity contribution in [2.75, 3.05) is 5.73 Å². The summed E-state index contributed by atoms with van der Waals surface area (Å²) in [6.07, 6.45) is 0. The third-order valence-electron chi connectivity index (χ3n) is 3.25. The summed E-state index contributed by atoms with van der Waals surface area (Å²) in [5, 5.41) is 0.230. The van der Waals surface area contributed by atoms with E-state index in [1.54, 1.807) is 6.07 Å². The van der Waals surface area contributed by atoms with Gasteiger partial charge in [0.15, 0.2) is 5.43 Å². The Morgan fingerprint density at radius 2 is 1.90 bits per heavy atom. The number of hydrogen-bond acceptors (Lipinski definition) is 3. The molecule has 2 aromatic carbocycles. The van der Waals surface area contributed by atoms with E-state index in [0.29, 0.717) is 17.0 Å².